The molecule has 2 atom stereocenters. The van der Waals surface area contributed by atoms with Crippen molar-refractivity contribution in [1.29, 1.82) is 0 Å². The lowest BCUT2D eigenvalue weighted by Crippen LogP contribution is -2.39. The zero-order valence-corrected chi connectivity index (χ0v) is 18.3. The summed E-state index contributed by atoms with van der Waals surface area (Å²) < 4.78 is 4.22. The highest BCUT2D eigenvalue weighted by Crippen LogP contribution is 2.26. The van der Waals surface area contributed by atoms with Crippen LogP contribution in [0.3, 0.4) is 0 Å². The minimum Gasteiger partial charge on any atom is -0.391 e. The molecule has 1 aliphatic heterocycles. The molecule has 2 heterocycles. The Labute approximate surface area is 178 Å². The number of aliphatic hydroxyl groups excluding tert-OH is 1. The Morgan fingerprint density at radius 3 is 2.37 bits per heavy atom. The molecule has 1 N–H and O–H groups in total. The Balaban J connectivity index is 1.96. The van der Waals surface area contributed by atoms with Gasteiger partial charge in [0.1, 0.15) is 0 Å². The first kappa shape index (κ1) is 22.3. The normalized spacial score (nSPS) is 16.9. The van der Waals surface area contributed by atoms with E-state index in [1.165, 1.54) is 26.8 Å². The lowest BCUT2D eigenvalue weighted by molar-refractivity contribution is 0.102. The fraction of sp³-hybridized carbons (Fsp3) is 0.583. The maximum Gasteiger partial charge on any atom is 0.352 e. The summed E-state index contributed by atoms with van der Waals surface area (Å²) in [7, 11) is 0. The van der Waals surface area contributed by atoms with E-state index in [1.807, 2.05) is 24.3 Å². The average Bonchev–Trinajstić information content (AvgIpc) is 3.01. The molecule has 0 saturated heterocycles. The van der Waals surface area contributed by atoms with Gasteiger partial charge in [0.25, 0.3) is 0 Å². The topological polar surface area (TPSA) is 69.2 Å². The first-order valence-electron chi connectivity index (χ1n) is 11.5. The number of nitrogens with zero attached hydrogens (tertiary/aromatic N) is 3. The largest absolute Gasteiger partial charge is 0.391 e. The second-order valence-electron chi connectivity index (χ2n) is 8.33. The number of hydrogen-bond acceptors (Lipinski definition) is 3. The number of hydrogen-bond donors (Lipinski definition) is 1. The second kappa shape index (κ2) is 10.6. The van der Waals surface area contributed by atoms with Gasteiger partial charge in [-0.1, -0.05) is 82.2 Å². The third-order valence-corrected chi connectivity index (χ3v) is 5.96. The molecule has 30 heavy (non-hydrogen) atoms. The molecule has 1 aromatic heterocycles. The molecular weight excluding hydrogens is 378 g/mol. The van der Waals surface area contributed by atoms with Gasteiger partial charge in [-0.2, -0.15) is 0 Å². The summed E-state index contributed by atoms with van der Waals surface area (Å²) in [6.07, 6.45) is 10.5. The van der Waals surface area contributed by atoms with Crippen LogP contribution in [0.5, 0.6) is 0 Å². The SMILES string of the molecule is CCCCCCC1=C[C@H](C(O)CCCCC)n2c(=O)n(-c3ccccc3)c(=O)n2C1. The van der Waals surface area contributed by atoms with Gasteiger partial charge in [-0.15, -0.1) is 0 Å². The van der Waals surface area contributed by atoms with Crippen molar-refractivity contribution in [1.82, 2.24) is 13.9 Å². The fourth-order valence-electron chi connectivity index (χ4n) is 4.27. The highest BCUT2D eigenvalue weighted by Gasteiger charge is 2.30. The van der Waals surface area contributed by atoms with Gasteiger partial charge in [-0.25, -0.2) is 23.5 Å². The van der Waals surface area contributed by atoms with E-state index >= 15 is 0 Å². The summed E-state index contributed by atoms with van der Waals surface area (Å²) in [6, 6.07) is 8.52. The maximum absolute atomic E-state index is 13.3. The molecule has 1 aromatic carbocycles. The van der Waals surface area contributed by atoms with Crippen LogP contribution in [0, 0.1) is 0 Å². The van der Waals surface area contributed by atoms with E-state index in [0.29, 0.717) is 18.7 Å². The van der Waals surface area contributed by atoms with Crippen molar-refractivity contribution in [2.45, 2.75) is 90.3 Å². The standard InChI is InChI=1S/C24H35N3O3/c1-3-5-7-10-13-19-17-21(22(28)16-9-6-4-2)27-24(30)26(23(29)25(27)18-19)20-14-11-8-12-15-20/h8,11-12,14-15,17,21-22,28H,3-7,9-10,13,16,18H2,1-2H3/t21-,22?/m1/s1. The molecule has 0 radical (unpaired) electrons. The van der Waals surface area contributed by atoms with Crippen molar-refractivity contribution < 1.29 is 5.11 Å². The van der Waals surface area contributed by atoms with E-state index in [-0.39, 0.29) is 11.4 Å². The zero-order chi connectivity index (χ0) is 21.5. The minimum absolute atomic E-state index is 0.337. The van der Waals surface area contributed by atoms with Gasteiger partial charge in [0.2, 0.25) is 0 Å². The molecule has 1 aliphatic rings. The molecule has 0 bridgehead atoms. The number of fused-ring (bicyclic) bond motifs is 1. The third-order valence-electron chi connectivity index (χ3n) is 5.96. The number of para-hydroxylation sites is 1. The summed E-state index contributed by atoms with van der Waals surface area (Å²) in [5.41, 5.74) is 0.978. The van der Waals surface area contributed by atoms with E-state index in [9.17, 15) is 14.7 Å². The number of allylic oxidation sites excluding steroid dienone is 1. The smallest absolute Gasteiger partial charge is 0.352 e. The number of aliphatic hydroxyl groups is 1. The minimum atomic E-state index is -0.683. The van der Waals surface area contributed by atoms with Crippen LogP contribution in [0.15, 0.2) is 51.6 Å². The molecule has 0 fully saturated rings. The van der Waals surface area contributed by atoms with Gasteiger partial charge in [0, 0.05) is 0 Å². The van der Waals surface area contributed by atoms with Crippen molar-refractivity contribution in [2.75, 3.05) is 0 Å². The van der Waals surface area contributed by atoms with E-state index in [1.54, 1.807) is 12.1 Å². The molecule has 0 saturated carbocycles. The van der Waals surface area contributed by atoms with Gasteiger partial charge >= 0.3 is 11.4 Å². The highest BCUT2D eigenvalue weighted by molar-refractivity contribution is 5.31. The molecule has 6 heteroatoms. The van der Waals surface area contributed by atoms with Crippen LogP contribution in [-0.2, 0) is 6.54 Å². The molecule has 6 nitrogen and oxygen atoms in total. The molecule has 1 unspecified atom stereocenters. The van der Waals surface area contributed by atoms with Crippen LogP contribution in [0.25, 0.3) is 5.69 Å². The van der Waals surface area contributed by atoms with E-state index in [0.717, 1.165) is 44.1 Å². The highest BCUT2D eigenvalue weighted by atomic mass is 16.3. The first-order valence-corrected chi connectivity index (χ1v) is 11.5. The lowest BCUT2D eigenvalue weighted by atomic mass is 9.97. The van der Waals surface area contributed by atoms with E-state index in [4.69, 9.17) is 0 Å². The number of aromatic nitrogens is 3. The average molecular weight is 414 g/mol. The van der Waals surface area contributed by atoms with Crippen LogP contribution >= 0.6 is 0 Å². The molecule has 2 aromatic rings. The molecule has 3 rings (SSSR count). The summed E-state index contributed by atoms with van der Waals surface area (Å²) in [6.45, 7) is 4.73. The summed E-state index contributed by atoms with van der Waals surface area (Å²) in [5.74, 6) is 0. The molecule has 0 spiro atoms. The predicted molar refractivity (Wildman–Crippen MR) is 120 cm³/mol. The van der Waals surface area contributed by atoms with Crippen molar-refractivity contribution in [3.8, 4) is 5.69 Å². The third kappa shape index (κ3) is 4.86. The summed E-state index contributed by atoms with van der Waals surface area (Å²) in [4.78, 5) is 26.4. The van der Waals surface area contributed by atoms with E-state index < -0.39 is 12.1 Å². The Morgan fingerprint density at radius 1 is 0.967 bits per heavy atom. The van der Waals surface area contributed by atoms with Crippen LogP contribution in [0.4, 0.5) is 0 Å². The van der Waals surface area contributed by atoms with E-state index in [2.05, 4.69) is 13.8 Å². The van der Waals surface area contributed by atoms with Gasteiger partial charge < -0.3 is 5.11 Å². The van der Waals surface area contributed by atoms with Crippen LogP contribution in [0.2, 0.25) is 0 Å². The molecule has 0 amide bonds. The summed E-state index contributed by atoms with van der Waals surface area (Å²) >= 11 is 0. The Morgan fingerprint density at radius 2 is 1.67 bits per heavy atom. The molecule has 164 valence electrons. The monoisotopic (exact) mass is 413 g/mol. The maximum atomic E-state index is 13.3. The molecule has 0 aliphatic carbocycles. The number of unbranched alkanes of at least 4 members (excludes halogenated alkanes) is 5. The zero-order valence-electron chi connectivity index (χ0n) is 18.3. The second-order valence-corrected chi connectivity index (χ2v) is 8.33. The Bertz CT molecular complexity index is 952. The van der Waals surface area contributed by atoms with Crippen LogP contribution in [0.1, 0.15) is 77.7 Å². The number of benzene rings is 1. The van der Waals surface area contributed by atoms with Gasteiger partial charge in [0.05, 0.1) is 24.4 Å². The summed E-state index contributed by atoms with van der Waals surface area (Å²) in [5, 5.41) is 10.9. The Hall–Kier alpha value is -2.34. The molecular formula is C24H35N3O3. The van der Waals surface area contributed by atoms with Crippen LogP contribution < -0.4 is 11.4 Å². The van der Waals surface area contributed by atoms with Gasteiger partial charge in [0.15, 0.2) is 0 Å². The number of rotatable bonds is 11. The van der Waals surface area contributed by atoms with Crippen molar-refractivity contribution in [3.05, 3.63) is 62.9 Å². The lowest BCUT2D eigenvalue weighted by Gasteiger charge is -2.28. The van der Waals surface area contributed by atoms with Crippen molar-refractivity contribution >= 4 is 0 Å². The predicted octanol–water partition coefficient (Wildman–Crippen LogP) is 4.19. The van der Waals surface area contributed by atoms with Crippen molar-refractivity contribution in [2.24, 2.45) is 0 Å². The Kier molecular flexibility index (Phi) is 7.91. The quantitative estimate of drug-likeness (QED) is 0.443. The van der Waals surface area contributed by atoms with Gasteiger partial charge in [-0.3, -0.25) is 0 Å². The fourth-order valence-corrected chi connectivity index (χ4v) is 4.27. The van der Waals surface area contributed by atoms with Gasteiger partial charge in [-0.05, 0) is 31.4 Å². The van der Waals surface area contributed by atoms with Crippen LogP contribution in [-0.4, -0.2) is 25.1 Å². The van der Waals surface area contributed by atoms with Crippen molar-refractivity contribution in [3.63, 3.8) is 0 Å². The first-order chi connectivity index (χ1) is 14.6.